The van der Waals surface area contributed by atoms with E-state index < -0.39 is 15.8 Å². The van der Waals surface area contributed by atoms with E-state index >= 15 is 0 Å². The van der Waals surface area contributed by atoms with Crippen molar-refractivity contribution in [1.29, 1.82) is 0 Å². The molecule has 0 amide bonds. The topological polar surface area (TPSA) is 75.4 Å². The second-order valence-corrected chi connectivity index (χ2v) is 11.3. The molecule has 0 aliphatic heterocycles. The Kier molecular flexibility index (Phi) is 6.80. The van der Waals surface area contributed by atoms with E-state index in [1.54, 1.807) is 6.92 Å². The van der Waals surface area contributed by atoms with E-state index in [-0.39, 0.29) is 17.7 Å². The molecule has 1 unspecified atom stereocenters. The molecule has 0 saturated carbocycles. The Balaban J connectivity index is 2.53. The summed E-state index contributed by atoms with van der Waals surface area (Å²) in [5.74, 6) is 0.131. The summed E-state index contributed by atoms with van der Waals surface area (Å²) in [5, 5.41) is 11.2. The van der Waals surface area contributed by atoms with Gasteiger partial charge in [-0.3, -0.25) is 0 Å². The van der Waals surface area contributed by atoms with Gasteiger partial charge in [0, 0.05) is 31.2 Å². The van der Waals surface area contributed by atoms with Crippen molar-refractivity contribution in [2.45, 2.75) is 52.6 Å². The predicted molar refractivity (Wildman–Crippen MR) is 115 cm³/mol. The molecule has 1 aromatic carbocycles. The van der Waals surface area contributed by atoms with Crippen LogP contribution in [0.15, 0.2) is 34.9 Å². The zero-order valence-electron chi connectivity index (χ0n) is 17.4. The van der Waals surface area contributed by atoms with Gasteiger partial charge in [-0.2, -0.15) is 12.7 Å². The summed E-state index contributed by atoms with van der Waals surface area (Å²) < 4.78 is 28.9. The van der Waals surface area contributed by atoms with Gasteiger partial charge in [0.2, 0.25) is 0 Å². The Labute approximate surface area is 176 Å². The van der Waals surface area contributed by atoms with E-state index in [0.29, 0.717) is 12.1 Å². The second-order valence-electron chi connectivity index (χ2n) is 8.41. The zero-order chi connectivity index (χ0) is 21.3. The summed E-state index contributed by atoms with van der Waals surface area (Å²) in [6.07, 6.45) is 3.35. The maximum Gasteiger partial charge on any atom is 0.308 e. The Hall–Kier alpha value is -1.22. The van der Waals surface area contributed by atoms with Gasteiger partial charge in [0.15, 0.2) is 5.82 Å². The maximum atomic E-state index is 12.9. The summed E-state index contributed by atoms with van der Waals surface area (Å²) in [5.41, 5.74) is 0.0744. The Morgan fingerprint density at radius 3 is 2.21 bits per heavy atom. The molecule has 2 aromatic rings. The van der Waals surface area contributed by atoms with Crippen molar-refractivity contribution in [2.75, 3.05) is 14.1 Å². The zero-order valence-corrected chi connectivity index (χ0v) is 19.8. The lowest BCUT2D eigenvalue weighted by Gasteiger charge is -2.25. The minimum atomic E-state index is -3.81. The van der Waals surface area contributed by atoms with Gasteiger partial charge in [-0.1, -0.05) is 55.3 Å². The van der Waals surface area contributed by atoms with Crippen molar-refractivity contribution < 1.29 is 13.5 Å². The van der Waals surface area contributed by atoms with E-state index in [1.807, 2.05) is 24.3 Å². The van der Waals surface area contributed by atoms with Crippen LogP contribution in [0.4, 0.5) is 0 Å². The molecule has 0 aliphatic carbocycles. The average Bonchev–Trinajstić information content (AvgIpc) is 3.01. The van der Waals surface area contributed by atoms with Gasteiger partial charge in [0.1, 0.15) is 5.60 Å². The number of benzene rings is 1. The van der Waals surface area contributed by atoms with Crippen LogP contribution in [0.5, 0.6) is 0 Å². The molecule has 6 nitrogen and oxygen atoms in total. The van der Waals surface area contributed by atoms with Gasteiger partial charge < -0.3 is 5.11 Å². The minimum absolute atomic E-state index is 0.0180. The lowest BCUT2D eigenvalue weighted by atomic mass is 9.85. The van der Waals surface area contributed by atoms with Gasteiger partial charge >= 0.3 is 10.2 Å². The molecule has 1 aromatic heterocycles. The fourth-order valence-corrected chi connectivity index (χ4v) is 4.23. The summed E-state index contributed by atoms with van der Waals surface area (Å²) in [4.78, 5) is 4.58. The van der Waals surface area contributed by atoms with Crippen molar-refractivity contribution in [3.8, 4) is 0 Å². The monoisotopic (exact) mass is 471 g/mol. The largest absolute Gasteiger partial charge is 0.382 e. The minimum Gasteiger partial charge on any atom is -0.382 e. The molecular weight excluding hydrogens is 442 g/mol. The highest BCUT2D eigenvalue weighted by atomic mass is 79.9. The number of aliphatic hydroxyl groups is 1. The second kappa shape index (κ2) is 8.26. The smallest absolute Gasteiger partial charge is 0.308 e. The number of hydrogen-bond acceptors (Lipinski definition) is 4. The van der Waals surface area contributed by atoms with Crippen LogP contribution in [0.1, 0.15) is 51.2 Å². The first kappa shape index (κ1) is 23.1. The van der Waals surface area contributed by atoms with Gasteiger partial charge in [0.25, 0.3) is 0 Å². The van der Waals surface area contributed by atoms with Gasteiger partial charge in [-0.25, -0.2) is 8.96 Å². The van der Waals surface area contributed by atoms with Crippen molar-refractivity contribution in [2.24, 2.45) is 5.41 Å². The Morgan fingerprint density at radius 2 is 1.71 bits per heavy atom. The Bertz CT molecular complexity index is 917. The molecule has 0 aliphatic rings. The number of nitrogens with zero attached hydrogens (tertiary/aromatic N) is 3. The quantitative estimate of drug-likeness (QED) is 0.636. The third-order valence-electron chi connectivity index (χ3n) is 4.99. The highest BCUT2D eigenvalue weighted by Gasteiger charge is 2.35. The van der Waals surface area contributed by atoms with Crippen LogP contribution in [0.3, 0.4) is 0 Å². The molecule has 0 bridgehead atoms. The number of halogens is 1. The normalized spacial score (nSPS) is 15.0. The molecule has 8 heteroatoms. The van der Waals surface area contributed by atoms with Gasteiger partial charge in [-0.05, 0) is 36.5 Å². The molecule has 0 radical (unpaired) electrons. The van der Waals surface area contributed by atoms with E-state index in [2.05, 4.69) is 41.7 Å². The number of rotatable bonds is 8. The molecule has 0 fully saturated rings. The van der Waals surface area contributed by atoms with Crippen LogP contribution >= 0.6 is 15.9 Å². The fraction of sp³-hybridized carbons (Fsp3) is 0.550. The standard InChI is InChI=1S/C20H30BrN3O3S/c1-7-19(2,3)13-17-14-24(28(26,27)23(5)6)18(22-17)20(4,25)12-15-8-10-16(21)11-9-15/h8-11,14,25H,7,12-13H2,1-6H3. The molecule has 0 saturated heterocycles. The molecule has 1 heterocycles. The number of aromatic nitrogens is 2. The first-order chi connectivity index (χ1) is 12.8. The van der Waals surface area contributed by atoms with Crippen LogP contribution < -0.4 is 0 Å². The van der Waals surface area contributed by atoms with E-state index in [0.717, 1.165) is 24.7 Å². The summed E-state index contributed by atoms with van der Waals surface area (Å²) >= 11 is 3.40. The van der Waals surface area contributed by atoms with Crippen molar-refractivity contribution in [1.82, 2.24) is 13.3 Å². The summed E-state index contributed by atoms with van der Waals surface area (Å²) in [6.45, 7) is 7.93. The SMILES string of the molecule is CCC(C)(C)Cc1cn(S(=O)(=O)N(C)C)c(C(C)(O)Cc2ccc(Br)cc2)n1. The number of imidazole rings is 1. The van der Waals surface area contributed by atoms with E-state index in [1.165, 1.54) is 20.3 Å². The molecule has 28 heavy (non-hydrogen) atoms. The number of hydrogen-bond donors (Lipinski definition) is 1. The molecular formula is C20H30BrN3O3S. The lowest BCUT2D eigenvalue weighted by molar-refractivity contribution is 0.0473. The van der Waals surface area contributed by atoms with Crippen LogP contribution in [-0.4, -0.2) is 40.9 Å². The van der Waals surface area contributed by atoms with E-state index in [9.17, 15) is 13.5 Å². The first-order valence-corrected chi connectivity index (χ1v) is 11.5. The highest BCUT2D eigenvalue weighted by Crippen LogP contribution is 2.30. The molecule has 156 valence electrons. The molecule has 2 rings (SSSR count). The fourth-order valence-electron chi connectivity index (χ4n) is 2.90. The summed E-state index contributed by atoms with van der Waals surface area (Å²) in [7, 11) is -0.870. The van der Waals surface area contributed by atoms with E-state index in [4.69, 9.17) is 0 Å². The lowest BCUT2D eigenvalue weighted by Crippen LogP contribution is -2.35. The van der Waals surface area contributed by atoms with Crippen molar-refractivity contribution in [3.63, 3.8) is 0 Å². The highest BCUT2D eigenvalue weighted by molar-refractivity contribution is 9.10. The van der Waals surface area contributed by atoms with Crippen LogP contribution in [0.25, 0.3) is 0 Å². The maximum absolute atomic E-state index is 12.9. The van der Waals surface area contributed by atoms with Crippen LogP contribution in [-0.2, 0) is 28.7 Å². The van der Waals surface area contributed by atoms with Crippen LogP contribution in [0, 0.1) is 5.41 Å². The first-order valence-electron chi connectivity index (χ1n) is 9.27. The third-order valence-corrected chi connectivity index (χ3v) is 7.22. The summed E-state index contributed by atoms with van der Waals surface area (Å²) in [6, 6.07) is 7.58. The molecule has 0 spiro atoms. The third kappa shape index (κ3) is 5.23. The molecule has 1 atom stereocenters. The Morgan fingerprint density at radius 1 is 1.14 bits per heavy atom. The predicted octanol–water partition coefficient (Wildman–Crippen LogP) is 3.73. The van der Waals surface area contributed by atoms with Gasteiger partial charge in [-0.15, -0.1) is 0 Å². The average molecular weight is 472 g/mol. The van der Waals surface area contributed by atoms with Crippen molar-refractivity contribution >= 4 is 26.1 Å². The molecule has 1 N–H and O–H groups in total. The van der Waals surface area contributed by atoms with Gasteiger partial charge in [0.05, 0.1) is 5.69 Å². The van der Waals surface area contributed by atoms with Crippen LogP contribution in [0.2, 0.25) is 0 Å². The van der Waals surface area contributed by atoms with Crippen molar-refractivity contribution in [3.05, 3.63) is 52.0 Å².